The average molecular weight is 344 g/mol. The molecule has 2 N–H and O–H groups in total. The van der Waals surface area contributed by atoms with Crippen LogP contribution in [0, 0.1) is 17.1 Å². The van der Waals surface area contributed by atoms with E-state index in [9.17, 15) is 4.39 Å². The summed E-state index contributed by atoms with van der Waals surface area (Å²) >= 11 is 3.21. The van der Waals surface area contributed by atoms with Crippen LogP contribution in [0.5, 0.6) is 0 Å². The number of nitrogens with zero attached hydrogens (tertiary/aromatic N) is 2. The molecule has 1 heterocycles. The first kappa shape index (κ1) is 15.1. The van der Waals surface area contributed by atoms with Crippen LogP contribution in [0.2, 0.25) is 0 Å². The molecule has 102 valence electrons. The summed E-state index contributed by atoms with van der Waals surface area (Å²) in [7, 11) is 5.85. The predicted molar refractivity (Wildman–Crippen MR) is 81.2 cm³/mol. The largest absolute Gasteiger partial charge is 0.429 e. The lowest BCUT2D eigenvalue weighted by atomic mass is 9.92. The van der Waals surface area contributed by atoms with Gasteiger partial charge in [0.15, 0.2) is 4.67 Å². The topological polar surface area (TPSA) is 75.8 Å². The Balaban J connectivity index is 2.36. The standard InChI is InChI=1S/C14H8BBrFN3O/c15-11(6-5-10(19)7-18)12-13(16)21-14(20-12)8-1-3-9(17)4-2-8/h1-6H,19H2/b10-5-,11-6-. The summed E-state index contributed by atoms with van der Waals surface area (Å²) in [5.41, 5.74) is 6.64. The maximum absolute atomic E-state index is 12.9. The summed E-state index contributed by atoms with van der Waals surface area (Å²) in [6.07, 6.45) is 2.82. The lowest BCUT2D eigenvalue weighted by molar-refractivity contribution is 0.548. The van der Waals surface area contributed by atoms with Gasteiger partial charge in [-0.2, -0.15) is 5.26 Å². The molecule has 0 spiro atoms. The Labute approximate surface area is 130 Å². The van der Waals surface area contributed by atoms with Crippen molar-refractivity contribution in [1.29, 1.82) is 5.26 Å². The molecule has 7 heteroatoms. The number of nitriles is 1. The molecule has 0 aliphatic carbocycles. The highest BCUT2D eigenvalue weighted by molar-refractivity contribution is 9.10. The minimum absolute atomic E-state index is 0.0244. The summed E-state index contributed by atoms with van der Waals surface area (Å²) in [6.45, 7) is 0. The molecule has 0 bridgehead atoms. The zero-order valence-corrected chi connectivity index (χ0v) is 12.3. The molecule has 0 fully saturated rings. The highest BCUT2D eigenvalue weighted by Crippen LogP contribution is 2.29. The molecule has 2 aromatic rings. The van der Waals surface area contributed by atoms with E-state index in [1.165, 1.54) is 24.3 Å². The van der Waals surface area contributed by atoms with Gasteiger partial charge in [-0.3, -0.25) is 0 Å². The molecule has 1 aromatic carbocycles. The van der Waals surface area contributed by atoms with Gasteiger partial charge in [0.25, 0.3) is 0 Å². The highest BCUT2D eigenvalue weighted by Gasteiger charge is 2.13. The molecular formula is C14H8BBrFN3O. The van der Waals surface area contributed by atoms with E-state index in [0.717, 1.165) is 0 Å². The first-order chi connectivity index (χ1) is 10.0. The molecular weight excluding hydrogens is 336 g/mol. The Bertz CT molecular complexity index is 760. The third kappa shape index (κ3) is 3.61. The van der Waals surface area contributed by atoms with Gasteiger partial charge >= 0.3 is 0 Å². The smallest absolute Gasteiger partial charge is 0.228 e. The van der Waals surface area contributed by atoms with Crippen molar-refractivity contribution in [2.24, 2.45) is 5.73 Å². The third-order valence-corrected chi connectivity index (χ3v) is 3.06. The summed E-state index contributed by atoms with van der Waals surface area (Å²) in [4.78, 5) is 4.23. The van der Waals surface area contributed by atoms with E-state index >= 15 is 0 Å². The molecule has 1 aromatic heterocycles. The van der Waals surface area contributed by atoms with Gasteiger partial charge in [0.05, 0.1) is 0 Å². The molecule has 0 atom stereocenters. The number of aromatic nitrogens is 1. The van der Waals surface area contributed by atoms with E-state index in [-0.39, 0.29) is 17.0 Å². The summed E-state index contributed by atoms with van der Waals surface area (Å²) < 4.78 is 18.7. The minimum Gasteiger partial charge on any atom is -0.429 e. The van der Waals surface area contributed by atoms with Crippen LogP contribution in [0.3, 0.4) is 0 Å². The molecule has 0 saturated heterocycles. The molecule has 0 aliphatic rings. The Kier molecular flexibility index (Phi) is 4.61. The van der Waals surface area contributed by atoms with Crippen LogP contribution in [0.15, 0.2) is 51.2 Å². The number of oxazole rings is 1. The van der Waals surface area contributed by atoms with Crippen molar-refractivity contribution in [2.75, 3.05) is 0 Å². The normalized spacial score (nSPS) is 12.2. The van der Waals surface area contributed by atoms with E-state index in [1.807, 2.05) is 0 Å². The van der Waals surface area contributed by atoms with Crippen LogP contribution in [0.1, 0.15) is 5.69 Å². The zero-order chi connectivity index (χ0) is 15.4. The van der Waals surface area contributed by atoms with Gasteiger partial charge in [-0.1, -0.05) is 11.5 Å². The summed E-state index contributed by atoms with van der Waals surface area (Å²) in [5, 5.41) is 8.56. The first-order valence-corrected chi connectivity index (χ1v) is 6.56. The number of hydrogen-bond donors (Lipinski definition) is 1. The van der Waals surface area contributed by atoms with Crippen LogP contribution < -0.4 is 5.73 Å². The SMILES string of the molecule is [B]/C(=C\C=C(/N)C#N)c1nc(-c2ccc(F)cc2)oc1Br. The van der Waals surface area contributed by atoms with E-state index in [0.29, 0.717) is 21.8 Å². The van der Waals surface area contributed by atoms with Gasteiger partial charge in [-0.25, -0.2) is 9.37 Å². The Morgan fingerprint density at radius 1 is 1.38 bits per heavy atom. The molecule has 4 nitrogen and oxygen atoms in total. The van der Waals surface area contributed by atoms with Crippen LogP contribution in [0.4, 0.5) is 4.39 Å². The molecule has 0 amide bonds. The summed E-state index contributed by atoms with van der Waals surface area (Å²) in [6, 6.07) is 7.48. The second-order valence-corrected chi connectivity index (χ2v) is 4.72. The molecule has 2 radical (unpaired) electrons. The van der Waals surface area contributed by atoms with Crippen molar-refractivity contribution in [3.05, 3.63) is 58.3 Å². The molecule has 21 heavy (non-hydrogen) atoms. The van der Waals surface area contributed by atoms with Crippen molar-refractivity contribution >= 4 is 29.2 Å². The van der Waals surface area contributed by atoms with Gasteiger partial charge in [-0.15, -0.1) is 0 Å². The predicted octanol–water partition coefficient (Wildman–Crippen LogP) is 3.12. The van der Waals surface area contributed by atoms with Crippen LogP contribution in [-0.4, -0.2) is 12.8 Å². The van der Waals surface area contributed by atoms with E-state index in [2.05, 4.69) is 20.9 Å². The zero-order valence-electron chi connectivity index (χ0n) is 10.7. The van der Waals surface area contributed by atoms with E-state index in [4.69, 9.17) is 23.3 Å². The second kappa shape index (κ2) is 6.42. The highest BCUT2D eigenvalue weighted by atomic mass is 79.9. The first-order valence-electron chi connectivity index (χ1n) is 5.77. The number of allylic oxidation sites excluding steroid dienone is 3. The lowest BCUT2D eigenvalue weighted by Gasteiger charge is -1.95. The Morgan fingerprint density at radius 2 is 2.05 bits per heavy atom. The van der Waals surface area contributed by atoms with Crippen molar-refractivity contribution in [3.63, 3.8) is 0 Å². The second-order valence-electron chi connectivity index (χ2n) is 4.00. The minimum atomic E-state index is -0.346. The molecule has 2 rings (SSSR count). The number of nitrogens with two attached hydrogens (primary N) is 1. The average Bonchev–Trinajstić information content (AvgIpc) is 2.87. The monoisotopic (exact) mass is 343 g/mol. The van der Waals surface area contributed by atoms with Gasteiger partial charge in [0.2, 0.25) is 5.89 Å². The number of benzene rings is 1. The van der Waals surface area contributed by atoms with E-state index in [1.54, 1.807) is 18.2 Å². The van der Waals surface area contributed by atoms with Crippen molar-refractivity contribution in [3.8, 4) is 17.5 Å². The van der Waals surface area contributed by atoms with Gasteiger partial charge in [-0.05, 0) is 46.3 Å². The van der Waals surface area contributed by atoms with Crippen LogP contribution >= 0.6 is 15.9 Å². The fraction of sp³-hybridized carbons (Fsp3) is 0. The van der Waals surface area contributed by atoms with Crippen molar-refractivity contribution in [2.45, 2.75) is 0 Å². The molecule has 0 saturated carbocycles. The maximum Gasteiger partial charge on any atom is 0.228 e. The van der Waals surface area contributed by atoms with E-state index < -0.39 is 0 Å². The van der Waals surface area contributed by atoms with Crippen LogP contribution in [0.25, 0.3) is 16.9 Å². The maximum atomic E-state index is 12.9. The quantitative estimate of drug-likeness (QED) is 0.527. The number of halogens is 2. The Morgan fingerprint density at radius 3 is 2.67 bits per heavy atom. The lowest BCUT2D eigenvalue weighted by Crippen LogP contribution is -1.92. The van der Waals surface area contributed by atoms with Gasteiger partial charge in [0.1, 0.15) is 31.1 Å². The van der Waals surface area contributed by atoms with Crippen molar-refractivity contribution in [1.82, 2.24) is 4.98 Å². The van der Waals surface area contributed by atoms with Gasteiger partial charge in [0, 0.05) is 5.56 Å². The van der Waals surface area contributed by atoms with Gasteiger partial charge < -0.3 is 10.2 Å². The third-order valence-electron chi connectivity index (χ3n) is 2.52. The fourth-order valence-corrected chi connectivity index (χ4v) is 1.96. The summed E-state index contributed by atoms with van der Waals surface area (Å²) in [5.74, 6) is -0.0495. The van der Waals surface area contributed by atoms with Crippen LogP contribution in [-0.2, 0) is 0 Å². The molecule has 0 unspecified atom stereocenters. The fourth-order valence-electron chi connectivity index (χ4n) is 1.49. The number of rotatable bonds is 3. The van der Waals surface area contributed by atoms with Crippen molar-refractivity contribution < 1.29 is 8.81 Å². The molecule has 0 aliphatic heterocycles. The Hall–Kier alpha value is -2.33. The number of hydrogen-bond acceptors (Lipinski definition) is 4.